The van der Waals surface area contributed by atoms with Crippen molar-refractivity contribution in [1.29, 1.82) is 0 Å². The number of carbonyl (C=O) groups is 1. The summed E-state index contributed by atoms with van der Waals surface area (Å²) < 4.78 is 13.3. The number of methoxy groups -OCH3 is 1. The standard InChI is InChI=1S/C12H17N5O3/c1-10-11(12(18)20-9-8-19-2)14-15-17(10)7-6-16-5-3-4-13-16/h3-5H,6-9H2,1-2H3. The van der Waals surface area contributed by atoms with E-state index in [4.69, 9.17) is 9.47 Å². The summed E-state index contributed by atoms with van der Waals surface area (Å²) >= 11 is 0. The largest absolute Gasteiger partial charge is 0.458 e. The van der Waals surface area contributed by atoms with Crippen LogP contribution in [-0.2, 0) is 22.6 Å². The monoisotopic (exact) mass is 279 g/mol. The van der Waals surface area contributed by atoms with Gasteiger partial charge in [-0.25, -0.2) is 9.48 Å². The molecular formula is C12H17N5O3. The molecule has 0 amide bonds. The van der Waals surface area contributed by atoms with Crippen molar-refractivity contribution in [2.24, 2.45) is 0 Å². The van der Waals surface area contributed by atoms with Crippen molar-refractivity contribution in [3.05, 3.63) is 29.8 Å². The molecular weight excluding hydrogens is 262 g/mol. The molecule has 2 aromatic rings. The highest BCUT2D eigenvalue weighted by Crippen LogP contribution is 2.06. The van der Waals surface area contributed by atoms with Gasteiger partial charge in [0.25, 0.3) is 0 Å². The second kappa shape index (κ2) is 6.80. The highest BCUT2D eigenvalue weighted by atomic mass is 16.6. The molecule has 2 heterocycles. The summed E-state index contributed by atoms with van der Waals surface area (Å²) in [6.07, 6.45) is 3.58. The van der Waals surface area contributed by atoms with Crippen LogP contribution in [0.1, 0.15) is 16.2 Å². The molecule has 0 fully saturated rings. The Hall–Kier alpha value is -2.22. The van der Waals surface area contributed by atoms with Crippen molar-refractivity contribution >= 4 is 5.97 Å². The van der Waals surface area contributed by atoms with Gasteiger partial charge in [-0.15, -0.1) is 5.10 Å². The molecule has 2 rings (SSSR count). The van der Waals surface area contributed by atoms with Gasteiger partial charge in [-0.2, -0.15) is 5.10 Å². The Balaban J connectivity index is 1.94. The first-order chi connectivity index (χ1) is 9.72. The third kappa shape index (κ3) is 3.41. The van der Waals surface area contributed by atoms with Gasteiger partial charge in [0.05, 0.1) is 25.4 Å². The summed E-state index contributed by atoms with van der Waals surface area (Å²) in [7, 11) is 1.55. The van der Waals surface area contributed by atoms with E-state index in [-0.39, 0.29) is 12.3 Å². The lowest BCUT2D eigenvalue weighted by Crippen LogP contribution is -2.13. The second-order valence-corrected chi connectivity index (χ2v) is 4.14. The van der Waals surface area contributed by atoms with Gasteiger partial charge in [0.1, 0.15) is 6.61 Å². The summed E-state index contributed by atoms with van der Waals surface area (Å²) in [5, 5.41) is 11.9. The molecule has 0 aliphatic heterocycles. The summed E-state index contributed by atoms with van der Waals surface area (Å²) in [5.41, 5.74) is 0.918. The summed E-state index contributed by atoms with van der Waals surface area (Å²) in [5.74, 6) is -0.482. The number of hydrogen-bond acceptors (Lipinski definition) is 6. The summed E-state index contributed by atoms with van der Waals surface area (Å²) in [6.45, 7) is 3.60. The van der Waals surface area contributed by atoms with Crippen LogP contribution in [0.4, 0.5) is 0 Å². The highest BCUT2D eigenvalue weighted by molar-refractivity contribution is 5.88. The number of ether oxygens (including phenoxy) is 2. The van der Waals surface area contributed by atoms with E-state index < -0.39 is 5.97 Å². The molecule has 8 nitrogen and oxygen atoms in total. The zero-order valence-electron chi connectivity index (χ0n) is 11.5. The van der Waals surface area contributed by atoms with E-state index in [0.29, 0.717) is 25.4 Å². The summed E-state index contributed by atoms with van der Waals surface area (Å²) in [4.78, 5) is 11.8. The van der Waals surface area contributed by atoms with Crippen molar-refractivity contribution in [3.63, 3.8) is 0 Å². The fourth-order valence-corrected chi connectivity index (χ4v) is 1.68. The van der Waals surface area contributed by atoms with Crippen LogP contribution >= 0.6 is 0 Å². The Morgan fingerprint density at radius 2 is 2.20 bits per heavy atom. The highest BCUT2D eigenvalue weighted by Gasteiger charge is 2.17. The maximum atomic E-state index is 11.8. The van der Waals surface area contributed by atoms with Crippen molar-refractivity contribution in [2.75, 3.05) is 20.3 Å². The third-order valence-corrected chi connectivity index (χ3v) is 2.80. The molecule has 0 spiro atoms. The van der Waals surface area contributed by atoms with Crippen LogP contribution in [0.2, 0.25) is 0 Å². The molecule has 0 saturated heterocycles. The molecule has 0 unspecified atom stereocenters. The van der Waals surface area contributed by atoms with Gasteiger partial charge in [0.2, 0.25) is 0 Å². The van der Waals surface area contributed by atoms with Crippen LogP contribution < -0.4 is 0 Å². The molecule has 0 aliphatic carbocycles. The topological polar surface area (TPSA) is 84.1 Å². The minimum atomic E-state index is -0.482. The predicted molar refractivity (Wildman–Crippen MR) is 69.1 cm³/mol. The number of nitrogens with zero attached hydrogens (tertiary/aromatic N) is 5. The average Bonchev–Trinajstić information content (AvgIpc) is 3.06. The van der Waals surface area contributed by atoms with E-state index in [0.717, 1.165) is 0 Å². The van der Waals surface area contributed by atoms with E-state index in [1.165, 1.54) is 0 Å². The number of carbonyl (C=O) groups excluding carboxylic acids is 1. The van der Waals surface area contributed by atoms with Gasteiger partial charge in [-0.1, -0.05) is 5.21 Å². The lowest BCUT2D eigenvalue weighted by atomic mass is 10.3. The van der Waals surface area contributed by atoms with Crippen molar-refractivity contribution in [1.82, 2.24) is 24.8 Å². The first-order valence-corrected chi connectivity index (χ1v) is 6.26. The number of aromatic nitrogens is 5. The molecule has 0 aliphatic rings. The van der Waals surface area contributed by atoms with Gasteiger partial charge in [0.15, 0.2) is 5.69 Å². The Morgan fingerprint density at radius 3 is 2.90 bits per heavy atom. The zero-order valence-corrected chi connectivity index (χ0v) is 11.5. The number of aryl methyl sites for hydroxylation is 2. The molecule has 8 heteroatoms. The van der Waals surface area contributed by atoms with Crippen molar-refractivity contribution < 1.29 is 14.3 Å². The fraction of sp³-hybridized carbons (Fsp3) is 0.500. The Morgan fingerprint density at radius 1 is 1.35 bits per heavy atom. The minimum Gasteiger partial charge on any atom is -0.458 e. The van der Waals surface area contributed by atoms with Crippen LogP contribution in [0.5, 0.6) is 0 Å². The van der Waals surface area contributed by atoms with Gasteiger partial charge in [-0.3, -0.25) is 4.68 Å². The van der Waals surface area contributed by atoms with Gasteiger partial charge in [-0.05, 0) is 13.0 Å². The Bertz CT molecular complexity index is 549. The molecule has 0 atom stereocenters. The van der Waals surface area contributed by atoms with Gasteiger partial charge < -0.3 is 9.47 Å². The SMILES string of the molecule is COCCOC(=O)c1nnn(CCn2cccn2)c1C. The first-order valence-electron chi connectivity index (χ1n) is 6.26. The predicted octanol–water partition coefficient (Wildman–Crippen LogP) is 0.286. The molecule has 0 saturated carbocycles. The maximum Gasteiger partial charge on any atom is 0.360 e. The van der Waals surface area contributed by atoms with E-state index in [1.54, 1.807) is 29.6 Å². The maximum absolute atomic E-state index is 11.8. The van der Waals surface area contributed by atoms with E-state index >= 15 is 0 Å². The smallest absolute Gasteiger partial charge is 0.360 e. The molecule has 2 aromatic heterocycles. The lowest BCUT2D eigenvalue weighted by molar-refractivity contribution is 0.0380. The molecule has 0 aromatic carbocycles. The van der Waals surface area contributed by atoms with Gasteiger partial charge in [0, 0.05) is 19.5 Å². The number of esters is 1. The number of rotatable bonds is 7. The number of hydrogen-bond donors (Lipinski definition) is 0. The van der Waals surface area contributed by atoms with E-state index in [2.05, 4.69) is 15.4 Å². The molecule has 108 valence electrons. The molecule has 0 radical (unpaired) electrons. The van der Waals surface area contributed by atoms with Crippen LogP contribution in [0.15, 0.2) is 18.5 Å². The van der Waals surface area contributed by atoms with E-state index in [9.17, 15) is 4.79 Å². The van der Waals surface area contributed by atoms with Crippen molar-refractivity contribution in [2.45, 2.75) is 20.0 Å². The molecule has 0 N–H and O–H groups in total. The minimum absolute atomic E-state index is 0.203. The van der Waals surface area contributed by atoms with E-state index in [1.807, 2.05) is 12.3 Å². The lowest BCUT2D eigenvalue weighted by Gasteiger charge is -2.04. The van der Waals surface area contributed by atoms with Gasteiger partial charge >= 0.3 is 5.97 Å². The van der Waals surface area contributed by atoms with Crippen LogP contribution in [0.3, 0.4) is 0 Å². The average molecular weight is 279 g/mol. The molecule has 0 bridgehead atoms. The first kappa shape index (κ1) is 14.2. The second-order valence-electron chi connectivity index (χ2n) is 4.14. The van der Waals surface area contributed by atoms with Crippen LogP contribution in [-0.4, -0.2) is 51.1 Å². The normalized spacial score (nSPS) is 10.7. The Kier molecular flexibility index (Phi) is 4.83. The van der Waals surface area contributed by atoms with Crippen LogP contribution in [0.25, 0.3) is 0 Å². The molecule has 20 heavy (non-hydrogen) atoms. The zero-order chi connectivity index (χ0) is 14.4. The fourth-order valence-electron chi connectivity index (χ4n) is 1.68. The van der Waals surface area contributed by atoms with Crippen LogP contribution in [0, 0.1) is 6.92 Å². The van der Waals surface area contributed by atoms with Crippen molar-refractivity contribution in [3.8, 4) is 0 Å². The summed E-state index contributed by atoms with van der Waals surface area (Å²) in [6, 6.07) is 1.85. The Labute approximate surface area is 116 Å². The quantitative estimate of drug-likeness (QED) is 0.535. The third-order valence-electron chi connectivity index (χ3n) is 2.80.